The third kappa shape index (κ3) is 2.62. The Balaban J connectivity index is 2.53. The summed E-state index contributed by atoms with van der Waals surface area (Å²) in [5.74, 6) is 0.0297. The maximum atomic E-state index is 10.2. The smallest absolute Gasteiger partial charge is 0.210 e. The van der Waals surface area contributed by atoms with Crippen molar-refractivity contribution in [3.05, 3.63) is 21.4 Å². The molecule has 13 heavy (non-hydrogen) atoms. The quantitative estimate of drug-likeness (QED) is 0.386. The molecule has 1 saturated carbocycles. The molecular weight excluding hydrogens is 172 g/mol. The topological polar surface area (TPSA) is 75.7 Å². The van der Waals surface area contributed by atoms with E-state index in [-0.39, 0.29) is 24.0 Å². The number of nitro groups is 1. The number of aliphatic imine (C=N–C) groups is 1. The highest BCUT2D eigenvalue weighted by Crippen LogP contribution is 2.41. The van der Waals surface area contributed by atoms with E-state index < -0.39 is 0 Å². The molecule has 0 heterocycles. The molecule has 1 rings (SSSR count). The van der Waals surface area contributed by atoms with E-state index in [4.69, 9.17) is 5.11 Å². The van der Waals surface area contributed by atoms with Crippen LogP contribution in [0, 0.1) is 16.0 Å². The largest absolute Gasteiger partial charge is 0.396 e. The molecule has 1 unspecified atom stereocenters. The van der Waals surface area contributed by atoms with Crippen molar-refractivity contribution in [1.82, 2.24) is 0 Å². The van der Waals surface area contributed by atoms with Gasteiger partial charge in [0.25, 0.3) is 0 Å². The Morgan fingerprint density at radius 1 is 1.85 bits per heavy atom. The lowest BCUT2D eigenvalue weighted by Crippen LogP contribution is -2.02. The second-order valence-electron chi connectivity index (χ2n) is 3.02. The first-order chi connectivity index (χ1) is 6.19. The molecule has 1 N–H and O–H groups in total. The van der Waals surface area contributed by atoms with Crippen LogP contribution in [-0.4, -0.2) is 29.9 Å². The summed E-state index contributed by atoms with van der Waals surface area (Å²) in [5.41, 5.74) is 1.72. The van der Waals surface area contributed by atoms with Crippen molar-refractivity contribution in [1.29, 1.82) is 0 Å². The van der Waals surface area contributed by atoms with Crippen molar-refractivity contribution in [2.24, 2.45) is 10.9 Å². The highest BCUT2D eigenvalue weighted by atomic mass is 16.6. The first-order valence-electron chi connectivity index (χ1n) is 4.10. The summed E-state index contributed by atoms with van der Waals surface area (Å²) in [6.45, 7) is 3.35. The predicted octanol–water partition coefficient (Wildman–Crippen LogP) is 0.620. The van der Waals surface area contributed by atoms with Gasteiger partial charge in [-0.05, 0) is 18.7 Å². The van der Waals surface area contributed by atoms with Gasteiger partial charge in [-0.15, -0.1) is 0 Å². The number of hydrogen-bond donors (Lipinski definition) is 1. The van der Waals surface area contributed by atoms with Crippen LogP contribution < -0.4 is 0 Å². The van der Waals surface area contributed by atoms with E-state index in [1.807, 2.05) is 0 Å². The van der Waals surface area contributed by atoms with Crippen LogP contribution in [0.1, 0.15) is 12.8 Å². The lowest BCUT2D eigenvalue weighted by atomic mass is 10.2. The number of aliphatic hydroxyl groups excluding tert-OH is 1. The van der Waals surface area contributed by atoms with Crippen molar-refractivity contribution >= 4 is 6.72 Å². The molecule has 0 aliphatic heterocycles. The summed E-state index contributed by atoms with van der Waals surface area (Å²) in [7, 11) is 0. The minimum absolute atomic E-state index is 0.0169. The zero-order chi connectivity index (χ0) is 9.84. The van der Waals surface area contributed by atoms with Gasteiger partial charge in [0.05, 0.1) is 5.92 Å². The highest BCUT2D eigenvalue weighted by molar-refractivity contribution is 5.36. The molecule has 0 aromatic heterocycles. The van der Waals surface area contributed by atoms with Gasteiger partial charge in [-0.1, -0.05) is 0 Å². The summed E-state index contributed by atoms with van der Waals surface area (Å²) in [5, 5.41) is 18.8. The number of nitrogens with zero attached hydrogens (tertiary/aromatic N) is 2. The van der Waals surface area contributed by atoms with E-state index in [0.29, 0.717) is 6.42 Å². The van der Waals surface area contributed by atoms with Crippen molar-refractivity contribution in [3.8, 4) is 0 Å². The zero-order valence-corrected chi connectivity index (χ0v) is 7.27. The van der Waals surface area contributed by atoms with Crippen LogP contribution >= 0.6 is 0 Å². The Kier molecular flexibility index (Phi) is 3.13. The van der Waals surface area contributed by atoms with Crippen LogP contribution in [0.25, 0.3) is 0 Å². The van der Waals surface area contributed by atoms with Gasteiger partial charge in [0.2, 0.25) is 6.54 Å². The molecule has 5 heteroatoms. The van der Waals surface area contributed by atoms with E-state index in [1.165, 1.54) is 0 Å². The standard InChI is InChI=1S/C8H12N2O3/c1-9-8(2-3-11)7-4-6(7)5-10(12)13/h6,11H,1-5H2/b8-7+. The van der Waals surface area contributed by atoms with E-state index in [2.05, 4.69) is 11.7 Å². The summed E-state index contributed by atoms with van der Waals surface area (Å²) < 4.78 is 0. The normalized spacial score (nSPS) is 23.9. The molecule has 1 aliphatic carbocycles. The van der Waals surface area contributed by atoms with E-state index in [9.17, 15) is 10.1 Å². The summed E-state index contributed by atoms with van der Waals surface area (Å²) in [6.07, 6.45) is 1.18. The number of hydrogen-bond acceptors (Lipinski definition) is 4. The van der Waals surface area contributed by atoms with Crippen molar-refractivity contribution < 1.29 is 10.0 Å². The molecule has 0 spiro atoms. The van der Waals surface area contributed by atoms with Gasteiger partial charge in [0, 0.05) is 23.6 Å². The second-order valence-corrected chi connectivity index (χ2v) is 3.02. The van der Waals surface area contributed by atoms with Crippen molar-refractivity contribution in [3.63, 3.8) is 0 Å². The molecule has 1 aliphatic rings. The number of aliphatic hydroxyl groups is 1. The van der Waals surface area contributed by atoms with Gasteiger partial charge in [0.1, 0.15) is 0 Å². The average molecular weight is 184 g/mol. The lowest BCUT2D eigenvalue weighted by molar-refractivity contribution is -0.482. The number of rotatable bonds is 5. The Morgan fingerprint density at radius 3 is 3.00 bits per heavy atom. The van der Waals surface area contributed by atoms with Crippen LogP contribution in [0.5, 0.6) is 0 Å². The van der Waals surface area contributed by atoms with E-state index >= 15 is 0 Å². The Hall–Kier alpha value is -1.23. The van der Waals surface area contributed by atoms with E-state index in [0.717, 1.165) is 17.7 Å². The van der Waals surface area contributed by atoms with Crippen molar-refractivity contribution in [2.45, 2.75) is 12.8 Å². The molecule has 0 amide bonds. The van der Waals surface area contributed by atoms with Crippen molar-refractivity contribution in [2.75, 3.05) is 13.2 Å². The molecule has 0 bridgehead atoms. The van der Waals surface area contributed by atoms with Gasteiger partial charge in [-0.3, -0.25) is 15.1 Å². The molecule has 5 nitrogen and oxygen atoms in total. The first-order valence-corrected chi connectivity index (χ1v) is 4.10. The SMILES string of the molecule is C=N/C(CCO)=C1\CC1C[N+](=O)[O-]. The van der Waals surface area contributed by atoms with E-state index in [1.54, 1.807) is 0 Å². The fourth-order valence-electron chi connectivity index (χ4n) is 1.36. The Morgan fingerprint density at radius 2 is 2.54 bits per heavy atom. The maximum absolute atomic E-state index is 10.2. The monoisotopic (exact) mass is 184 g/mol. The molecule has 0 aromatic rings. The predicted molar refractivity (Wildman–Crippen MR) is 48.2 cm³/mol. The molecule has 72 valence electrons. The molecular formula is C8H12N2O3. The molecule has 0 radical (unpaired) electrons. The van der Waals surface area contributed by atoms with Crippen LogP contribution in [-0.2, 0) is 0 Å². The third-order valence-electron chi connectivity index (χ3n) is 2.08. The minimum atomic E-state index is -0.322. The van der Waals surface area contributed by atoms with Crippen LogP contribution in [0.4, 0.5) is 0 Å². The van der Waals surface area contributed by atoms with Gasteiger partial charge in [-0.25, -0.2) is 0 Å². The summed E-state index contributed by atoms with van der Waals surface area (Å²) >= 11 is 0. The lowest BCUT2D eigenvalue weighted by Gasteiger charge is -1.95. The molecule has 1 fully saturated rings. The van der Waals surface area contributed by atoms with Gasteiger partial charge in [0.15, 0.2) is 0 Å². The summed E-state index contributed by atoms with van der Waals surface area (Å²) in [4.78, 5) is 13.6. The molecule has 0 aromatic carbocycles. The minimum Gasteiger partial charge on any atom is -0.396 e. The van der Waals surface area contributed by atoms with Crippen LogP contribution in [0.15, 0.2) is 16.3 Å². The van der Waals surface area contributed by atoms with Gasteiger partial charge < -0.3 is 5.11 Å². The summed E-state index contributed by atoms with van der Waals surface area (Å²) in [6, 6.07) is 0. The molecule has 1 atom stereocenters. The van der Waals surface area contributed by atoms with Crippen LogP contribution in [0.3, 0.4) is 0 Å². The highest BCUT2D eigenvalue weighted by Gasteiger charge is 2.36. The first kappa shape index (κ1) is 9.85. The average Bonchev–Trinajstić information content (AvgIpc) is 2.78. The zero-order valence-electron chi connectivity index (χ0n) is 7.27. The fourth-order valence-corrected chi connectivity index (χ4v) is 1.36. The fraction of sp³-hybridized carbons (Fsp3) is 0.625. The second kappa shape index (κ2) is 4.13. The maximum Gasteiger partial charge on any atom is 0.210 e. The Labute approximate surface area is 75.9 Å². The van der Waals surface area contributed by atoms with Crippen LogP contribution in [0.2, 0.25) is 0 Å². The Bertz CT molecular complexity index is 260. The van der Waals surface area contributed by atoms with Gasteiger partial charge >= 0.3 is 0 Å². The third-order valence-corrected chi connectivity index (χ3v) is 2.08. The van der Waals surface area contributed by atoms with Gasteiger partial charge in [-0.2, -0.15) is 0 Å². The molecule has 0 saturated heterocycles.